The van der Waals surface area contributed by atoms with Crippen LogP contribution in [0.3, 0.4) is 0 Å². The Balaban J connectivity index is 1.90. The lowest BCUT2D eigenvalue weighted by Gasteiger charge is -2.23. The van der Waals surface area contributed by atoms with Gasteiger partial charge in [0.05, 0.1) is 11.0 Å². The lowest BCUT2D eigenvalue weighted by molar-refractivity contribution is 0.555. The molecule has 2 atom stereocenters. The van der Waals surface area contributed by atoms with Gasteiger partial charge in [0, 0.05) is 36.7 Å². The zero-order chi connectivity index (χ0) is 22.3. The number of aromatic nitrogens is 1. The molecule has 0 aliphatic heterocycles. The zero-order valence-corrected chi connectivity index (χ0v) is 18.8. The van der Waals surface area contributed by atoms with Crippen molar-refractivity contribution in [1.29, 1.82) is 5.26 Å². The van der Waals surface area contributed by atoms with Crippen molar-refractivity contribution >= 4 is 21.6 Å². The van der Waals surface area contributed by atoms with E-state index in [1.807, 2.05) is 43.5 Å². The number of hydrogen-bond donors (Lipinski definition) is 1. The fourth-order valence-corrected chi connectivity index (χ4v) is 4.90. The highest BCUT2D eigenvalue weighted by atomic mass is 35.5. The minimum atomic E-state index is -3.67. The van der Waals surface area contributed by atoms with Crippen molar-refractivity contribution in [2.24, 2.45) is 0 Å². The lowest BCUT2D eigenvalue weighted by Crippen LogP contribution is -2.32. The van der Waals surface area contributed by atoms with Crippen LogP contribution < -0.4 is 4.72 Å². The van der Waals surface area contributed by atoms with Crippen molar-refractivity contribution < 1.29 is 8.42 Å². The molecule has 0 radical (unpaired) electrons. The van der Waals surface area contributed by atoms with E-state index in [1.54, 1.807) is 36.5 Å². The monoisotopic (exact) mass is 453 g/mol. The van der Waals surface area contributed by atoms with Gasteiger partial charge in [-0.25, -0.2) is 13.1 Å². The van der Waals surface area contributed by atoms with Crippen LogP contribution in [0.2, 0.25) is 0 Å². The average molecular weight is 454 g/mol. The Kier molecular flexibility index (Phi) is 7.80. The largest absolute Gasteiger partial charge is 0.264 e. The van der Waals surface area contributed by atoms with Gasteiger partial charge in [0.25, 0.3) is 0 Å². The van der Waals surface area contributed by atoms with Crippen LogP contribution >= 0.6 is 11.6 Å². The highest BCUT2D eigenvalue weighted by molar-refractivity contribution is 7.89. The number of pyridine rings is 1. The molecular formula is C24H24ClN3O2S. The summed E-state index contributed by atoms with van der Waals surface area (Å²) in [6.45, 7) is 2.13. The van der Waals surface area contributed by atoms with Gasteiger partial charge in [-0.3, -0.25) is 4.98 Å². The first-order chi connectivity index (χ1) is 14.9. The first-order valence-electron chi connectivity index (χ1n) is 9.99. The topological polar surface area (TPSA) is 82.8 Å². The second kappa shape index (κ2) is 10.5. The molecule has 7 heteroatoms. The molecule has 3 rings (SSSR count). The number of nitrogens with zero attached hydrogens (tertiary/aromatic N) is 2. The fraction of sp³-hybridized carbons (Fsp3) is 0.250. The number of benzene rings is 2. The van der Waals surface area contributed by atoms with Crippen LogP contribution in [0.4, 0.5) is 0 Å². The van der Waals surface area contributed by atoms with E-state index in [9.17, 15) is 8.42 Å². The maximum Gasteiger partial charge on any atom is 0.240 e. The van der Waals surface area contributed by atoms with Gasteiger partial charge in [-0.15, -0.1) is 11.6 Å². The maximum atomic E-state index is 12.7. The average Bonchev–Trinajstić information content (AvgIpc) is 2.79. The number of alkyl halides is 1. The van der Waals surface area contributed by atoms with E-state index in [4.69, 9.17) is 16.9 Å². The molecule has 1 aromatic heterocycles. The Labute approximate surface area is 188 Å². The van der Waals surface area contributed by atoms with Crippen LogP contribution in [0.1, 0.15) is 29.9 Å². The molecule has 3 aromatic rings. The predicted octanol–water partition coefficient (Wildman–Crippen LogP) is 5.03. The summed E-state index contributed by atoms with van der Waals surface area (Å²) < 4.78 is 28.1. The molecule has 0 saturated heterocycles. The highest BCUT2D eigenvalue weighted by Gasteiger charge is 2.24. The molecule has 0 amide bonds. The number of sulfonamides is 1. The van der Waals surface area contributed by atoms with Crippen LogP contribution in [-0.4, -0.2) is 25.3 Å². The van der Waals surface area contributed by atoms with Gasteiger partial charge in [0.15, 0.2) is 0 Å². The Morgan fingerprint density at radius 3 is 2.61 bits per heavy atom. The molecule has 160 valence electrons. The summed E-state index contributed by atoms with van der Waals surface area (Å²) in [5, 5.41) is 8.58. The van der Waals surface area contributed by atoms with E-state index in [2.05, 4.69) is 15.8 Å². The molecule has 5 nitrogen and oxygen atoms in total. The van der Waals surface area contributed by atoms with Gasteiger partial charge in [-0.05, 0) is 53.8 Å². The summed E-state index contributed by atoms with van der Waals surface area (Å²) in [4.78, 5) is 4.35. The summed E-state index contributed by atoms with van der Waals surface area (Å²) in [5.74, 6) is -0.296. The summed E-state index contributed by atoms with van der Waals surface area (Å²) in [7, 11) is -3.67. The minimum absolute atomic E-state index is 0.135. The molecule has 1 N–H and O–H groups in total. The standard InChI is InChI=1S/C24H24ClN3O2S/c1-18-16-27-14-12-22(18)19-7-5-8-20(15-19)23(24(25)11-6-13-26)17-28-31(29,30)21-9-3-2-4-10-21/h2-5,7-10,12,14-16,23-24,28H,6,11,17H2,1H3/t23-,24+/m1/s1. The SMILES string of the molecule is Cc1cnccc1-c1cccc([C@@H](CNS(=O)(=O)c2ccccc2)[C@@H](Cl)CCC#N)c1. The van der Waals surface area contributed by atoms with Crippen molar-refractivity contribution in [1.82, 2.24) is 9.71 Å². The maximum absolute atomic E-state index is 12.7. The third-order valence-corrected chi connectivity index (χ3v) is 7.12. The van der Waals surface area contributed by atoms with Crippen molar-refractivity contribution in [2.75, 3.05) is 6.54 Å². The molecule has 0 spiro atoms. The Morgan fingerprint density at radius 1 is 1.13 bits per heavy atom. The lowest BCUT2D eigenvalue weighted by atomic mass is 9.90. The van der Waals surface area contributed by atoms with Crippen molar-refractivity contribution in [3.05, 3.63) is 84.2 Å². The van der Waals surface area contributed by atoms with Crippen LogP contribution in [0.15, 0.2) is 78.0 Å². The molecular weight excluding hydrogens is 430 g/mol. The zero-order valence-electron chi connectivity index (χ0n) is 17.2. The van der Waals surface area contributed by atoms with Gasteiger partial charge in [0.2, 0.25) is 10.0 Å². The summed E-state index contributed by atoms with van der Waals surface area (Å²) in [6.07, 6.45) is 4.33. The molecule has 1 heterocycles. The summed E-state index contributed by atoms with van der Waals surface area (Å²) in [5.41, 5.74) is 4.04. The van der Waals surface area contributed by atoms with Gasteiger partial charge in [0.1, 0.15) is 0 Å². The van der Waals surface area contributed by atoms with Gasteiger partial charge in [-0.2, -0.15) is 5.26 Å². The van der Waals surface area contributed by atoms with E-state index in [1.165, 1.54) is 0 Å². The van der Waals surface area contributed by atoms with E-state index in [-0.39, 0.29) is 17.4 Å². The molecule has 31 heavy (non-hydrogen) atoms. The third-order valence-electron chi connectivity index (χ3n) is 5.16. The predicted molar refractivity (Wildman–Crippen MR) is 123 cm³/mol. The van der Waals surface area contributed by atoms with Crippen molar-refractivity contribution in [3.63, 3.8) is 0 Å². The Bertz CT molecular complexity index is 1160. The van der Waals surface area contributed by atoms with E-state index in [0.717, 1.165) is 22.3 Å². The second-order valence-electron chi connectivity index (χ2n) is 7.30. The molecule has 0 aliphatic carbocycles. The molecule has 0 fully saturated rings. The first-order valence-corrected chi connectivity index (χ1v) is 11.9. The number of nitriles is 1. The number of halogens is 1. The minimum Gasteiger partial charge on any atom is -0.264 e. The van der Waals surface area contributed by atoms with Gasteiger partial charge >= 0.3 is 0 Å². The van der Waals surface area contributed by atoms with E-state index >= 15 is 0 Å². The number of hydrogen-bond acceptors (Lipinski definition) is 4. The Morgan fingerprint density at radius 2 is 1.90 bits per heavy atom. The molecule has 0 saturated carbocycles. The smallest absolute Gasteiger partial charge is 0.240 e. The van der Waals surface area contributed by atoms with Gasteiger partial charge in [-0.1, -0.05) is 42.5 Å². The number of aryl methyl sites for hydroxylation is 1. The fourth-order valence-electron chi connectivity index (χ4n) is 3.47. The summed E-state index contributed by atoms with van der Waals surface area (Å²) >= 11 is 6.67. The first kappa shape index (κ1) is 23.0. The van der Waals surface area contributed by atoms with Crippen molar-refractivity contribution in [3.8, 4) is 17.2 Å². The molecule has 0 unspecified atom stereocenters. The van der Waals surface area contributed by atoms with E-state index < -0.39 is 15.4 Å². The number of nitrogens with one attached hydrogen (secondary N) is 1. The van der Waals surface area contributed by atoms with Crippen LogP contribution in [0.25, 0.3) is 11.1 Å². The number of rotatable bonds is 9. The molecule has 0 aliphatic rings. The van der Waals surface area contributed by atoms with Crippen molar-refractivity contribution in [2.45, 2.75) is 36.0 Å². The summed E-state index contributed by atoms with van der Waals surface area (Å²) in [6, 6.07) is 20.2. The molecule has 2 aromatic carbocycles. The van der Waals surface area contributed by atoms with Gasteiger partial charge < -0.3 is 0 Å². The van der Waals surface area contributed by atoms with Crippen LogP contribution in [0.5, 0.6) is 0 Å². The quantitative estimate of drug-likeness (QED) is 0.460. The normalized spacial score (nSPS) is 13.3. The van der Waals surface area contributed by atoms with E-state index in [0.29, 0.717) is 12.8 Å². The highest BCUT2D eigenvalue weighted by Crippen LogP contribution is 2.31. The second-order valence-corrected chi connectivity index (χ2v) is 9.63. The molecule has 0 bridgehead atoms. The third kappa shape index (κ3) is 5.92. The van der Waals surface area contributed by atoms with Crippen LogP contribution in [0, 0.1) is 18.3 Å². The van der Waals surface area contributed by atoms with Crippen LogP contribution in [-0.2, 0) is 10.0 Å². The Hall–Kier alpha value is -2.72.